The number of pyridine rings is 1. The van der Waals surface area contributed by atoms with Crippen LogP contribution in [0.4, 0.5) is 0 Å². The molecule has 3 heterocycles. The first-order chi connectivity index (χ1) is 9.33. The lowest BCUT2D eigenvalue weighted by Gasteiger charge is -2.04. The number of carbonyl (C=O) groups is 1. The number of hydrogen-bond donors (Lipinski definition) is 1. The molecular weight excluding hydrogens is 260 g/mol. The molecule has 0 aliphatic rings. The normalized spacial score (nSPS) is 10.7. The molecule has 0 aromatic carbocycles. The van der Waals surface area contributed by atoms with Crippen LogP contribution in [0.5, 0.6) is 0 Å². The number of rotatable bonds is 4. The Balaban J connectivity index is 1.63. The molecule has 0 atom stereocenters. The van der Waals surface area contributed by atoms with Crippen LogP contribution in [0.3, 0.4) is 0 Å². The maximum atomic E-state index is 12.0. The molecule has 0 unspecified atom stereocenters. The highest BCUT2D eigenvalue weighted by atomic mass is 32.1. The largest absolute Gasteiger partial charge is 0.352 e. The van der Waals surface area contributed by atoms with Gasteiger partial charge in [-0.2, -0.15) is 0 Å². The predicted molar refractivity (Wildman–Crippen MR) is 73.3 cm³/mol. The summed E-state index contributed by atoms with van der Waals surface area (Å²) in [5.74, 6) is -0.0767. The minimum atomic E-state index is -0.0767. The van der Waals surface area contributed by atoms with Gasteiger partial charge in [0.15, 0.2) is 0 Å². The van der Waals surface area contributed by atoms with Gasteiger partial charge in [0, 0.05) is 43.1 Å². The van der Waals surface area contributed by atoms with Crippen LogP contribution >= 0.6 is 11.3 Å². The molecular formula is C13H12N4OS. The number of nitrogens with zero attached hydrogens (tertiary/aromatic N) is 3. The van der Waals surface area contributed by atoms with Crippen molar-refractivity contribution in [3.05, 3.63) is 52.9 Å². The van der Waals surface area contributed by atoms with Gasteiger partial charge in [-0.3, -0.25) is 4.79 Å². The van der Waals surface area contributed by atoms with Gasteiger partial charge in [-0.25, -0.2) is 9.97 Å². The van der Waals surface area contributed by atoms with Gasteiger partial charge in [0.2, 0.25) is 0 Å². The Bertz CT molecular complexity index is 690. The zero-order chi connectivity index (χ0) is 13.1. The van der Waals surface area contributed by atoms with Crippen LogP contribution in [0.15, 0.2) is 42.3 Å². The number of thiazole rings is 1. The third kappa shape index (κ3) is 2.63. The molecule has 3 aromatic rings. The fourth-order valence-corrected chi connectivity index (χ4v) is 2.44. The Hall–Kier alpha value is -2.21. The summed E-state index contributed by atoms with van der Waals surface area (Å²) in [7, 11) is 0. The van der Waals surface area contributed by atoms with Crippen LogP contribution in [0, 0.1) is 0 Å². The fourth-order valence-electron chi connectivity index (χ4n) is 1.82. The smallest absolute Gasteiger partial charge is 0.252 e. The van der Waals surface area contributed by atoms with E-state index < -0.39 is 0 Å². The molecule has 3 aromatic heterocycles. The van der Waals surface area contributed by atoms with Crippen molar-refractivity contribution in [1.82, 2.24) is 19.7 Å². The van der Waals surface area contributed by atoms with Gasteiger partial charge < -0.3 is 9.72 Å². The molecule has 5 nitrogen and oxygen atoms in total. The number of fused-ring (bicyclic) bond motifs is 1. The molecule has 0 radical (unpaired) electrons. The van der Waals surface area contributed by atoms with E-state index in [0.717, 1.165) is 17.1 Å². The monoisotopic (exact) mass is 272 g/mol. The van der Waals surface area contributed by atoms with E-state index in [1.54, 1.807) is 36.0 Å². The highest BCUT2D eigenvalue weighted by Crippen LogP contribution is 2.06. The van der Waals surface area contributed by atoms with Crippen molar-refractivity contribution in [3.8, 4) is 0 Å². The Labute approximate surface area is 113 Å². The molecule has 0 aliphatic carbocycles. The number of nitrogens with one attached hydrogen (secondary N) is 1. The van der Waals surface area contributed by atoms with Crippen molar-refractivity contribution in [3.63, 3.8) is 0 Å². The Morgan fingerprint density at radius 2 is 2.26 bits per heavy atom. The van der Waals surface area contributed by atoms with E-state index in [1.165, 1.54) is 0 Å². The van der Waals surface area contributed by atoms with Gasteiger partial charge in [0.05, 0.1) is 10.6 Å². The number of amides is 1. The maximum Gasteiger partial charge on any atom is 0.252 e. The Kier molecular flexibility index (Phi) is 3.24. The van der Waals surface area contributed by atoms with Crippen LogP contribution in [-0.4, -0.2) is 26.8 Å². The fraction of sp³-hybridized carbons (Fsp3) is 0.154. The average molecular weight is 272 g/mol. The highest BCUT2D eigenvalue weighted by molar-refractivity contribution is 7.09. The van der Waals surface area contributed by atoms with Crippen LogP contribution < -0.4 is 5.32 Å². The predicted octanol–water partition coefficient (Wildman–Crippen LogP) is 1.76. The number of aromatic nitrogens is 3. The summed E-state index contributed by atoms with van der Waals surface area (Å²) in [6.45, 7) is 0.592. The second-order valence-corrected chi connectivity index (χ2v) is 5.02. The molecule has 0 fully saturated rings. The van der Waals surface area contributed by atoms with Crippen LogP contribution in [0.25, 0.3) is 5.65 Å². The zero-order valence-corrected chi connectivity index (χ0v) is 10.9. The summed E-state index contributed by atoms with van der Waals surface area (Å²) in [6, 6.07) is 3.61. The third-order valence-electron chi connectivity index (χ3n) is 2.76. The summed E-state index contributed by atoms with van der Waals surface area (Å²) >= 11 is 1.60. The summed E-state index contributed by atoms with van der Waals surface area (Å²) in [4.78, 5) is 20.3. The lowest BCUT2D eigenvalue weighted by atomic mass is 10.2. The van der Waals surface area contributed by atoms with E-state index in [-0.39, 0.29) is 5.91 Å². The molecule has 6 heteroatoms. The molecule has 3 rings (SSSR count). The van der Waals surface area contributed by atoms with E-state index in [0.29, 0.717) is 12.1 Å². The molecule has 0 saturated carbocycles. The zero-order valence-electron chi connectivity index (χ0n) is 10.1. The molecule has 1 N–H and O–H groups in total. The van der Waals surface area contributed by atoms with Crippen molar-refractivity contribution in [1.29, 1.82) is 0 Å². The minimum Gasteiger partial charge on any atom is -0.352 e. The van der Waals surface area contributed by atoms with E-state index in [4.69, 9.17) is 0 Å². The highest BCUT2D eigenvalue weighted by Gasteiger charge is 2.06. The third-order valence-corrected chi connectivity index (χ3v) is 3.60. The van der Waals surface area contributed by atoms with Crippen LogP contribution in [0.1, 0.15) is 15.4 Å². The minimum absolute atomic E-state index is 0.0767. The lowest BCUT2D eigenvalue weighted by molar-refractivity contribution is 0.0953. The number of imidazole rings is 1. The van der Waals surface area contributed by atoms with Gasteiger partial charge >= 0.3 is 0 Å². The summed E-state index contributed by atoms with van der Waals surface area (Å²) < 4.78 is 1.83. The molecule has 0 bridgehead atoms. The van der Waals surface area contributed by atoms with Crippen LogP contribution in [0.2, 0.25) is 0 Å². The Morgan fingerprint density at radius 1 is 1.32 bits per heavy atom. The summed E-state index contributed by atoms with van der Waals surface area (Å²) in [5.41, 5.74) is 1.46. The Morgan fingerprint density at radius 3 is 3.11 bits per heavy atom. The summed E-state index contributed by atoms with van der Waals surface area (Å²) in [5, 5.41) is 5.86. The lowest BCUT2D eigenvalue weighted by Crippen LogP contribution is -2.25. The average Bonchev–Trinajstić information content (AvgIpc) is 3.08. The van der Waals surface area contributed by atoms with Gasteiger partial charge in [0.1, 0.15) is 5.65 Å². The van der Waals surface area contributed by atoms with Gasteiger partial charge in [-0.15, -0.1) is 11.3 Å². The van der Waals surface area contributed by atoms with Gasteiger partial charge in [0.25, 0.3) is 5.91 Å². The molecule has 19 heavy (non-hydrogen) atoms. The maximum absolute atomic E-state index is 12.0. The van der Waals surface area contributed by atoms with Gasteiger partial charge in [-0.05, 0) is 12.1 Å². The summed E-state index contributed by atoms with van der Waals surface area (Å²) in [6.07, 6.45) is 7.84. The van der Waals surface area contributed by atoms with E-state index >= 15 is 0 Å². The van der Waals surface area contributed by atoms with E-state index in [2.05, 4.69) is 15.3 Å². The van der Waals surface area contributed by atoms with Crippen molar-refractivity contribution in [2.45, 2.75) is 6.42 Å². The van der Waals surface area contributed by atoms with Crippen molar-refractivity contribution in [2.24, 2.45) is 0 Å². The van der Waals surface area contributed by atoms with Crippen molar-refractivity contribution in [2.75, 3.05) is 6.54 Å². The molecule has 0 aliphatic heterocycles. The number of carbonyl (C=O) groups excluding carboxylic acids is 1. The first kappa shape index (κ1) is 11.9. The first-order valence-corrected chi connectivity index (χ1v) is 6.80. The van der Waals surface area contributed by atoms with E-state index in [1.807, 2.05) is 22.0 Å². The SMILES string of the molecule is O=C(NCCc1nccs1)c1ccc2nccn2c1. The topological polar surface area (TPSA) is 59.3 Å². The van der Waals surface area contributed by atoms with E-state index in [9.17, 15) is 4.79 Å². The van der Waals surface area contributed by atoms with Gasteiger partial charge in [-0.1, -0.05) is 0 Å². The number of hydrogen-bond acceptors (Lipinski definition) is 4. The first-order valence-electron chi connectivity index (χ1n) is 5.92. The molecule has 96 valence electrons. The second-order valence-electron chi connectivity index (χ2n) is 4.04. The quantitative estimate of drug-likeness (QED) is 0.787. The standard InChI is InChI=1S/C13H12N4OS/c18-13(16-4-3-12-15-6-8-19-12)10-1-2-11-14-5-7-17(11)9-10/h1-2,5-9H,3-4H2,(H,16,18). The molecule has 1 amide bonds. The van der Waals surface area contributed by atoms with Crippen molar-refractivity contribution < 1.29 is 4.79 Å². The van der Waals surface area contributed by atoms with Crippen molar-refractivity contribution >= 4 is 22.9 Å². The molecule has 0 spiro atoms. The molecule has 0 saturated heterocycles. The van der Waals surface area contributed by atoms with Crippen LogP contribution in [-0.2, 0) is 6.42 Å². The second kappa shape index (κ2) is 5.19.